The number of benzene rings is 2. The third-order valence-corrected chi connectivity index (χ3v) is 5.50. The number of carbonyl (C=O) groups excluding carboxylic acids is 1. The van der Waals surface area contributed by atoms with Crippen molar-refractivity contribution in [2.75, 3.05) is 30.4 Å². The van der Waals surface area contributed by atoms with Crippen LogP contribution in [0.5, 0.6) is 0 Å². The Bertz CT molecular complexity index is 1220. The van der Waals surface area contributed by atoms with Gasteiger partial charge in [-0.3, -0.25) is 5.41 Å². The number of morpholine rings is 1. The van der Waals surface area contributed by atoms with Gasteiger partial charge in [-0.05, 0) is 67.6 Å². The third kappa shape index (κ3) is 5.92. The maximum absolute atomic E-state index is 12.3. The molecule has 1 aliphatic rings. The standard InChI is InChI=1S/C25H26N6O4/c1-16-15-35-14-13-31(16)23(21-3-2-12-27-21)30-22(26)17-4-8-19(9-5-17)28-25(34)29-20-10-6-18(7-11-20)24(32)33/h2-12,16,26-27H,13-15H2,1H3,(H,32,33)(H2,28,29,34)/b26-22?,30-23+/t16-/m1/s1. The van der Waals surface area contributed by atoms with Crippen LogP contribution in [0.15, 0.2) is 71.9 Å². The number of aromatic nitrogens is 1. The van der Waals surface area contributed by atoms with Crippen LogP contribution in [0.25, 0.3) is 0 Å². The molecule has 10 heteroatoms. The summed E-state index contributed by atoms with van der Waals surface area (Å²) >= 11 is 0. The summed E-state index contributed by atoms with van der Waals surface area (Å²) in [5, 5.41) is 22.9. The molecular formula is C25H26N6O4. The first-order valence-corrected chi connectivity index (χ1v) is 11.1. The maximum Gasteiger partial charge on any atom is 0.335 e. The number of rotatable bonds is 5. The molecule has 0 saturated carbocycles. The number of nitrogens with one attached hydrogen (secondary N) is 4. The number of H-pyrrole nitrogens is 1. The monoisotopic (exact) mass is 474 g/mol. The zero-order valence-electron chi connectivity index (χ0n) is 19.1. The van der Waals surface area contributed by atoms with Gasteiger partial charge in [0, 0.05) is 29.7 Å². The van der Waals surface area contributed by atoms with Crippen molar-refractivity contribution in [2.24, 2.45) is 4.99 Å². The van der Waals surface area contributed by atoms with Crippen LogP contribution in [-0.4, -0.2) is 64.5 Å². The predicted molar refractivity (Wildman–Crippen MR) is 134 cm³/mol. The van der Waals surface area contributed by atoms with Crippen molar-refractivity contribution in [3.63, 3.8) is 0 Å². The number of carboxylic acid groups (broad SMARTS) is 1. The van der Waals surface area contributed by atoms with Crippen LogP contribution >= 0.6 is 0 Å². The molecule has 35 heavy (non-hydrogen) atoms. The van der Waals surface area contributed by atoms with Gasteiger partial charge in [-0.15, -0.1) is 0 Å². The average molecular weight is 475 g/mol. The minimum atomic E-state index is -1.03. The summed E-state index contributed by atoms with van der Waals surface area (Å²) in [7, 11) is 0. The maximum atomic E-state index is 12.3. The first-order valence-electron chi connectivity index (χ1n) is 11.1. The van der Waals surface area contributed by atoms with E-state index in [0.717, 1.165) is 5.69 Å². The highest BCUT2D eigenvalue weighted by atomic mass is 16.5. The molecule has 0 bridgehead atoms. The van der Waals surface area contributed by atoms with E-state index in [2.05, 4.69) is 32.4 Å². The summed E-state index contributed by atoms with van der Waals surface area (Å²) in [4.78, 5) is 33.1. The molecule has 1 saturated heterocycles. The molecule has 2 amide bonds. The van der Waals surface area contributed by atoms with Crippen molar-refractivity contribution in [1.29, 1.82) is 5.41 Å². The molecule has 1 aliphatic heterocycles. The van der Waals surface area contributed by atoms with Crippen molar-refractivity contribution < 1.29 is 19.4 Å². The highest BCUT2D eigenvalue weighted by Gasteiger charge is 2.24. The molecule has 0 radical (unpaired) electrons. The lowest BCUT2D eigenvalue weighted by Gasteiger charge is -2.35. The number of aliphatic imine (C=N–C) groups is 1. The van der Waals surface area contributed by atoms with Crippen molar-refractivity contribution >= 4 is 35.0 Å². The van der Waals surface area contributed by atoms with Crippen molar-refractivity contribution in [3.05, 3.63) is 83.7 Å². The van der Waals surface area contributed by atoms with Crippen LogP contribution in [0.1, 0.15) is 28.5 Å². The van der Waals surface area contributed by atoms with E-state index in [-0.39, 0.29) is 17.4 Å². The van der Waals surface area contributed by atoms with E-state index in [1.807, 2.05) is 18.3 Å². The molecule has 0 spiro atoms. The van der Waals surface area contributed by atoms with Crippen molar-refractivity contribution in [3.8, 4) is 0 Å². The van der Waals surface area contributed by atoms with Crippen LogP contribution in [0.2, 0.25) is 0 Å². The van der Waals surface area contributed by atoms with Gasteiger partial charge in [0.1, 0.15) is 0 Å². The Balaban J connectivity index is 1.43. The van der Waals surface area contributed by atoms with Gasteiger partial charge < -0.3 is 30.4 Å². The molecule has 10 nitrogen and oxygen atoms in total. The topological polar surface area (TPSA) is 143 Å². The van der Waals surface area contributed by atoms with Gasteiger partial charge in [0.2, 0.25) is 0 Å². The number of amidine groups is 2. The van der Waals surface area contributed by atoms with Gasteiger partial charge >= 0.3 is 12.0 Å². The molecule has 0 aliphatic carbocycles. The highest BCUT2D eigenvalue weighted by molar-refractivity contribution is 6.10. The Hall–Kier alpha value is -4.44. The van der Waals surface area contributed by atoms with Crippen molar-refractivity contribution in [1.82, 2.24) is 9.88 Å². The largest absolute Gasteiger partial charge is 0.478 e. The van der Waals surface area contributed by atoms with Gasteiger partial charge in [0.05, 0.1) is 30.5 Å². The van der Waals surface area contributed by atoms with Crippen LogP contribution in [0.4, 0.5) is 16.2 Å². The number of hydrogen-bond donors (Lipinski definition) is 5. The molecule has 1 fully saturated rings. The zero-order valence-corrected chi connectivity index (χ0v) is 19.1. The second kappa shape index (κ2) is 10.7. The summed E-state index contributed by atoms with van der Waals surface area (Å²) in [5.74, 6) is -0.246. The number of amides is 2. The molecule has 1 aromatic heterocycles. The molecule has 1 atom stereocenters. The second-order valence-corrected chi connectivity index (χ2v) is 8.02. The SMILES string of the molecule is C[C@@H]1COCCN1/C(=N/C(=N)c1ccc(NC(=O)Nc2ccc(C(=O)O)cc2)cc1)c1ccc[nH]1. The van der Waals surface area contributed by atoms with Crippen LogP contribution < -0.4 is 10.6 Å². The molecule has 2 heterocycles. The number of nitrogens with zero attached hydrogens (tertiary/aromatic N) is 2. The van der Waals surface area contributed by atoms with E-state index in [0.29, 0.717) is 42.5 Å². The van der Waals surface area contributed by atoms with Gasteiger partial charge in [0.15, 0.2) is 11.7 Å². The summed E-state index contributed by atoms with van der Waals surface area (Å²) in [6, 6.07) is 16.2. The summed E-state index contributed by atoms with van der Waals surface area (Å²) in [6.07, 6.45) is 1.83. The molecule has 3 aromatic rings. The second-order valence-electron chi connectivity index (χ2n) is 8.02. The van der Waals surface area contributed by atoms with Gasteiger partial charge in [-0.2, -0.15) is 0 Å². The van der Waals surface area contributed by atoms with E-state index >= 15 is 0 Å². The Kier molecular flexibility index (Phi) is 7.22. The zero-order chi connectivity index (χ0) is 24.8. The van der Waals surface area contributed by atoms with Gasteiger partial charge in [-0.25, -0.2) is 14.6 Å². The minimum Gasteiger partial charge on any atom is -0.478 e. The van der Waals surface area contributed by atoms with Gasteiger partial charge in [0.25, 0.3) is 0 Å². The predicted octanol–water partition coefficient (Wildman–Crippen LogP) is 3.85. The number of ether oxygens (including phenoxy) is 1. The molecule has 180 valence electrons. The quantitative estimate of drug-likeness (QED) is 0.282. The van der Waals surface area contributed by atoms with Crippen LogP contribution in [0, 0.1) is 5.41 Å². The van der Waals surface area contributed by atoms with E-state index in [9.17, 15) is 9.59 Å². The number of carbonyl (C=O) groups is 2. The lowest BCUT2D eigenvalue weighted by molar-refractivity contribution is 0.0335. The van der Waals surface area contributed by atoms with E-state index < -0.39 is 12.0 Å². The smallest absolute Gasteiger partial charge is 0.335 e. The summed E-state index contributed by atoms with van der Waals surface area (Å²) in [6.45, 7) is 3.94. The van der Waals surface area contributed by atoms with E-state index in [1.165, 1.54) is 24.3 Å². The highest BCUT2D eigenvalue weighted by Crippen LogP contribution is 2.16. The summed E-state index contributed by atoms with van der Waals surface area (Å²) < 4.78 is 5.54. The van der Waals surface area contributed by atoms with Gasteiger partial charge in [-0.1, -0.05) is 0 Å². The lowest BCUT2D eigenvalue weighted by atomic mass is 10.2. The number of aromatic amines is 1. The fraction of sp³-hybridized carbons (Fsp3) is 0.200. The number of urea groups is 1. The normalized spacial score (nSPS) is 16.0. The fourth-order valence-corrected chi connectivity index (χ4v) is 3.66. The Morgan fingerprint density at radius 1 is 1.06 bits per heavy atom. The number of carboxylic acids is 1. The molecule has 2 aromatic carbocycles. The fourth-order valence-electron chi connectivity index (χ4n) is 3.66. The minimum absolute atomic E-state index is 0.0998. The number of hydrogen-bond acceptors (Lipinski definition) is 4. The third-order valence-electron chi connectivity index (χ3n) is 5.50. The average Bonchev–Trinajstić information content (AvgIpc) is 3.38. The van der Waals surface area contributed by atoms with Crippen LogP contribution in [0.3, 0.4) is 0 Å². The number of aromatic carboxylic acids is 1. The van der Waals surface area contributed by atoms with Crippen molar-refractivity contribution in [2.45, 2.75) is 13.0 Å². The lowest BCUT2D eigenvalue weighted by Crippen LogP contribution is -2.47. The van der Waals surface area contributed by atoms with E-state index in [1.54, 1.807) is 24.3 Å². The van der Waals surface area contributed by atoms with E-state index in [4.69, 9.17) is 15.3 Å². The Labute approximate surface area is 202 Å². The molecule has 4 rings (SSSR count). The molecule has 5 N–H and O–H groups in total. The Morgan fingerprint density at radius 2 is 1.69 bits per heavy atom. The molecular weight excluding hydrogens is 448 g/mol. The first-order chi connectivity index (χ1) is 16.9. The van der Waals surface area contributed by atoms with Crippen LogP contribution in [-0.2, 0) is 4.74 Å². The molecule has 0 unspecified atom stereocenters. The number of anilines is 2. The Morgan fingerprint density at radius 3 is 2.23 bits per heavy atom. The first kappa shape index (κ1) is 23.7. The summed E-state index contributed by atoms with van der Waals surface area (Å²) in [5.41, 5.74) is 2.57.